The van der Waals surface area contributed by atoms with E-state index in [1.54, 1.807) is 0 Å². The van der Waals surface area contributed by atoms with Crippen LogP contribution in [0.15, 0.2) is 0 Å². The Balaban J connectivity index is 2.13. The van der Waals surface area contributed by atoms with Gasteiger partial charge in [-0.2, -0.15) is 0 Å². The van der Waals surface area contributed by atoms with E-state index in [0.29, 0.717) is 6.04 Å². The Morgan fingerprint density at radius 2 is 2.25 bits per heavy atom. The number of aliphatic hydroxyl groups is 1. The van der Waals surface area contributed by atoms with Crippen LogP contribution < -0.4 is 0 Å². The first-order valence-corrected chi connectivity index (χ1v) is 6.26. The highest BCUT2D eigenvalue weighted by molar-refractivity contribution is 4.99. The van der Waals surface area contributed by atoms with Crippen molar-refractivity contribution in [2.75, 3.05) is 39.5 Å². The Hall–Kier alpha value is -0.160. The van der Waals surface area contributed by atoms with Gasteiger partial charge in [0.1, 0.15) is 0 Å². The zero-order chi connectivity index (χ0) is 11.8. The number of ether oxygens (including phenoxy) is 1. The molecule has 0 aromatic rings. The second-order valence-electron chi connectivity index (χ2n) is 5.60. The minimum atomic E-state index is 0.133. The van der Waals surface area contributed by atoms with Crippen molar-refractivity contribution < 1.29 is 9.84 Å². The molecule has 2 rings (SSSR count). The Labute approximate surface area is 98.2 Å². The standard InChI is InChI=1S/C12H24N2O2/c1-10(2)14-8-12(3)9-16-5-4-13(12)6-11(14)7-15/h10-11,15H,4-9H2,1-3H3/t11-,12-/m0/s1. The largest absolute Gasteiger partial charge is 0.395 e. The zero-order valence-corrected chi connectivity index (χ0v) is 10.6. The number of morpholine rings is 1. The fraction of sp³-hybridized carbons (Fsp3) is 1.00. The zero-order valence-electron chi connectivity index (χ0n) is 10.6. The minimum Gasteiger partial charge on any atom is -0.395 e. The molecule has 0 bridgehead atoms. The SMILES string of the molecule is CC(C)N1C[C@@]2(C)COCCN2C[C@H]1CO. The lowest BCUT2D eigenvalue weighted by Gasteiger charge is -2.55. The summed E-state index contributed by atoms with van der Waals surface area (Å²) < 4.78 is 5.61. The van der Waals surface area contributed by atoms with Crippen LogP contribution in [0.5, 0.6) is 0 Å². The number of hydrogen-bond donors (Lipinski definition) is 1. The fourth-order valence-electron chi connectivity index (χ4n) is 2.93. The molecule has 16 heavy (non-hydrogen) atoms. The van der Waals surface area contributed by atoms with Crippen LogP contribution >= 0.6 is 0 Å². The molecular formula is C12H24N2O2. The van der Waals surface area contributed by atoms with Gasteiger partial charge in [0.05, 0.1) is 25.4 Å². The second kappa shape index (κ2) is 4.61. The highest BCUT2D eigenvalue weighted by atomic mass is 16.5. The Morgan fingerprint density at radius 1 is 1.50 bits per heavy atom. The van der Waals surface area contributed by atoms with Gasteiger partial charge in [0, 0.05) is 31.7 Å². The van der Waals surface area contributed by atoms with Gasteiger partial charge in [-0.15, -0.1) is 0 Å². The van der Waals surface area contributed by atoms with E-state index in [0.717, 1.165) is 32.8 Å². The van der Waals surface area contributed by atoms with Gasteiger partial charge >= 0.3 is 0 Å². The number of rotatable bonds is 2. The average Bonchev–Trinajstić information content (AvgIpc) is 2.26. The summed E-state index contributed by atoms with van der Waals surface area (Å²) in [5.74, 6) is 0. The molecule has 0 aliphatic carbocycles. The van der Waals surface area contributed by atoms with E-state index in [1.807, 2.05) is 0 Å². The molecule has 2 heterocycles. The maximum atomic E-state index is 9.48. The van der Waals surface area contributed by atoms with Gasteiger partial charge < -0.3 is 9.84 Å². The molecule has 0 aromatic carbocycles. The van der Waals surface area contributed by atoms with Gasteiger partial charge in [-0.1, -0.05) is 0 Å². The van der Waals surface area contributed by atoms with E-state index in [1.165, 1.54) is 0 Å². The lowest BCUT2D eigenvalue weighted by Crippen LogP contribution is -2.70. The van der Waals surface area contributed by atoms with Gasteiger partial charge in [-0.25, -0.2) is 0 Å². The second-order valence-corrected chi connectivity index (χ2v) is 5.60. The highest BCUT2D eigenvalue weighted by Crippen LogP contribution is 2.28. The Bertz CT molecular complexity index is 247. The summed E-state index contributed by atoms with van der Waals surface area (Å²) in [6.45, 7) is 11.5. The van der Waals surface area contributed by atoms with Crippen LogP contribution in [0.3, 0.4) is 0 Å². The van der Waals surface area contributed by atoms with Gasteiger partial charge in [-0.05, 0) is 20.8 Å². The molecule has 0 amide bonds. The number of piperazine rings is 1. The monoisotopic (exact) mass is 228 g/mol. The van der Waals surface area contributed by atoms with E-state index in [-0.39, 0.29) is 18.2 Å². The van der Waals surface area contributed by atoms with Gasteiger partial charge in [0.15, 0.2) is 0 Å². The highest BCUT2D eigenvalue weighted by Gasteiger charge is 2.44. The van der Waals surface area contributed by atoms with E-state index in [4.69, 9.17) is 4.74 Å². The molecule has 0 saturated carbocycles. The van der Waals surface area contributed by atoms with E-state index in [2.05, 4.69) is 30.6 Å². The van der Waals surface area contributed by atoms with Crippen LogP contribution in [-0.2, 0) is 4.74 Å². The smallest absolute Gasteiger partial charge is 0.0660 e. The quantitative estimate of drug-likeness (QED) is 0.730. The first kappa shape index (κ1) is 12.3. The molecule has 2 atom stereocenters. The minimum absolute atomic E-state index is 0.133. The maximum Gasteiger partial charge on any atom is 0.0660 e. The van der Waals surface area contributed by atoms with Gasteiger partial charge in [0.2, 0.25) is 0 Å². The predicted octanol–water partition coefficient (Wildman–Crippen LogP) is 0.162. The van der Waals surface area contributed by atoms with E-state index >= 15 is 0 Å². The van der Waals surface area contributed by atoms with Crippen molar-refractivity contribution in [2.24, 2.45) is 0 Å². The topological polar surface area (TPSA) is 35.9 Å². The summed E-state index contributed by atoms with van der Waals surface area (Å²) in [5, 5.41) is 9.48. The molecule has 2 aliphatic rings. The third-order valence-electron chi connectivity index (χ3n) is 3.98. The molecule has 2 aliphatic heterocycles. The molecule has 4 heteroatoms. The van der Waals surface area contributed by atoms with Crippen molar-refractivity contribution in [3.05, 3.63) is 0 Å². The first-order valence-electron chi connectivity index (χ1n) is 6.26. The summed E-state index contributed by atoms with van der Waals surface area (Å²) in [4.78, 5) is 4.89. The van der Waals surface area contributed by atoms with Crippen LogP contribution in [0, 0.1) is 0 Å². The summed E-state index contributed by atoms with van der Waals surface area (Å²) in [5.41, 5.74) is 0.133. The van der Waals surface area contributed by atoms with Crippen LogP contribution in [0.25, 0.3) is 0 Å². The summed E-state index contributed by atoms with van der Waals surface area (Å²) >= 11 is 0. The lowest BCUT2D eigenvalue weighted by molar-refractivity contribution is -0.126. The predicted molar refractivity (Wildman–Crippen MR) is 63.5 cm³/mol. The normalized spacial score (nSPS) is 37.7. The molecule has 94 valence electrons. The molecular weight excluding hydrogens is 204 g/mol. The van der Waals surface area contributed by atoms with Crippen molar-refractivity contribution in [3.63, 3.8) is 0 Å². The lowest BCUT2D eigenvalue weighted by atomic mass is 9.92. The van der Waals surface area contributed by atoms with Crippen molar-refractivity contribution in [1.29, 1.82) is 0 Å². The third-order valence-corrected chi connectivity index (χ3v) is 3.98. The number of nitrogens with zero attached hydrogens (tertiary/aromatic N) is 2. The van der Waals surface area contributed by atoms with Crippen molar-refractivity contribution >= 4 is 0 Å². The summed E-state index contributed by atoms with van der Waals surface area (Å²) in [7, 11) is 0. The molecule has 0 radical (unpaired) electrons. The maximum absolute atomic E-state index is 9.48. The molecule has 1 N–H and O–H groups in total. The van der Waals surface area contributed by atoms with Crippen LogP contribution in [0.4, 0.5) is 0 Å². The first-order chi connectivity index (χ1) is 7.57. The van der Waals surface area contributed by atoms with Crippen molar-refractivity contribution in [1.82, 2.24) is 9.80 Å². The summed E-state index contributed by atoms with van der Waals surface area (Å²) in [6.07, 6.45) is 0. The van der Waals surface area contributed by atoms with Gasteiger partial charge in [-0.3, -0.25) is 9.80 Å². The fourth-order valence-corrected chi connectivity index (χ4v) is 2.93. The third kappa shape index (κ3) is 2.12. The van der Waals surface area contributed by atoms with Crippen LogP contribution in [0.1, 0.15) is 20.8 Å². The average molecular weight is 228 g/mol. The molecule has 2 saturated heterocycles. The molecule has 0 spiro atoms. The van der Waals surface area contributed by atoms with Crippen LogP contribution in [-0.4, -0.2) is 72.0 Å². The molecule has 4 nitrogen and oxygen atoms in total. The Kier molecular flexibility index (Phi) is 3.54. The number of hydrogen-bond acceptors (Lipinski definition) is 4. The molecule has 0 aromatic heterocycles. The molecule has 2 fully saturated rings. The van der Waals surface area contributed by atoms with E-state index < -0.39 is 0 Å². The molecule has 0 unspecified atom stereocenters. The Morgan fingerprint density at radius 3 is 2.88 bits per heavy atom. The van der Waals surface area contributed by atoms with E-state index in [9.17, 15) is 5.11 Å². The van der Waals surface area contributed by atoms with Crippen molar-refractivity contribution in [3.8, 4) is 0 Å². The van der Waals surface area contributed by atoms with Crippen LogP contribution in [0.2, 0.25) is 0 Å². The van der Waals surface area contributed by atoms with Gasteiger partial charge in [0.25, 0.3) is 0 Å². The summed E-state index contributed by atoms with van der Waals surface area (Å²) in [6, 6.07) is 0.768. The van der Waals surface area contributed by atoms with Crippen molar-refractivity contribution in [2.45, 2.75) is 38.4 Å². The number of fused-ring (bicyclic) bond motifs is 1. The number of aliphatic hydroxyl groups excluding tert-OH is 1.